The van der Waals surface area contributed by atoms with Crippen molar-refractivity contribution in [1.29, 1.82) is 0 Å². The van der Waals surface area contributed by atoms with Crippen LogP contribution in [0.1, 0.15) is 6.92 Å². The van der Waals surface area contributed by atoms with Gasteiger partial charge in [-0.1, -0.05) is 6.08 Å². The zero-order valence-corrected chi connectivity index (χ0v) is 13.2. The summed E-state index contributed by atoms with van der Waals surface area (Å²) in [5.41, 5.74) is 0. The van der Waals surface area contributed by atoms with Crippen molar-refractivity contribution in [2.75, 3.05) is 20.3 Å². The summed E-state index contributed by atoms with van der Waals surface area (Å²) >= 11 is 0. The molecule has 23 heavy (non-hydrogen) atoms. The molecule has 2 atom stereocenters. The predicted molar refractivity (Wildman–Crippen MR) is 83.7 cm³/mol. The number of carboxylic acid groups (broad SMARTS) is 1. The molecule has 0 aromatic heterocycles. The molecule has 126 valence electrons. The van der Waals surface area contributed by atoms with Crippen LogP contribution in [-0.4, -0.2) is 49.5 Å². The molecule has 0 fully saturated rings. The quantitative estimate of drug-likeness (QED) is 0.497. The molecule has 0 bridgehead atoms. The minimum Gasteiger partial charge on any atom is -0.497 e. The average molecular weight is 323 g/mol. The van der Waals surface area contributed by atoms with Gasteiger partial charge in [-0.25, -0.2) is 4.79 Å². The number of ether oxygens (including phenoxy) is 3. The van der Waals surface area contributed by atoms with Gasteiger partial charge in [0.25, 0.3) is 5.91 Å². The summed E-state index contributed by atoms with van der Waals surface area (Å²) in [5.74, 6) is -0.586. The molecule has 0 saturated carbocycles. The van der Waals surface area contributed by atoms with E-state index in [0.717, 1.165) is 0 Å². The van der Waals surface area contributed by atoms with Crippen LogP contribution in [-0.2, 0) is 14.3 Å². The van der Waals surface area contributed by atoms with Gasteiger partial charge < -0.3 is 24.6 Å². The second kappa shape index (κ2) is 9.47. The molecular weight excluding hydrogens is 302 g/mol. The van der Waals surface area contributed by atoms with Gasteiger partial charge in [0.1, 0.15) is 11.5 Å². The topological polar surface area (TPSA) is 94.1 Å². The Labute approximate surface area is 134 Å². The standard InChI is InChI=1S/C16H21NO6/c1-4-9-22-10-14(16(19)20)17-15(18)11(2)23-13-7-5-12(21-3)6-8-13/h4-8,11,14H,1,9-10H2,2-3H3,(H,17,18)(H,19,20). The highest BCUT2D eigenvalue weighted by Gasteiger charge is 2.24. The first kappa shape index (κ1) is 18.5. The molecule has 0 aliphatic heterocycles. The van der Waals surface area contributed by atoms with E-state index in [1.165, 1.54) is 13.0 Å². The molecule has 1 aromatic rings. The molecule has 0 aliphatic rings. The van der Waals surface area contributed by atoms with Gasteiger partial charge in [0, 0.05) is 0 Å². The zero-order chi connectivity index (χ0) is 17.2. The van der Waals surface area contributed by atoms with Gasteiger partial charge in [0.2, 0.25) is 0 Å². The number of aliphatic carboxylic acids is 1. The maximum atomic E-state index is 12.0. The number of hydrogen-bond acceptors (Lipinski definition) is 5. The first-order valence-corrected chi connectivity index (χ1v) is 7.00. The van der Waals surface area contributed by atoms with Crippen molar-refractivity contribution in [2.24, 2.45) is 0 Å². The van der Waals surface area contributed by atoms with E-state index in [1.807, 2.05) is 0 Å². The monoisotopic (exact) mass is 323 g/mol. The molecule has 1 amide bonds. The van der Waals surface area contributed by atoms with Crippen molar-refractivity contribution in [3.8, 4) is 11.5 Å². The third kappa shape index (κ3) is 6.39. The Kier molecular flexibility index (Phi) is 7.62. The summed E-state index contributed by atoms with van der Waals surface area (Å²) in [4.78, 5) is 23.1. The predicted octanol–water partition coefficient (Wildman–Crippen LogP) is 1.23. The van der Waals surface area contributed by atoms with Crippen LogP contribution in [0, 0.1) is 0 Å². The molecule has 2 N–H and O–H groups in total. The van der Waals surface area contributed by atoms with Crippen molar-refractivity contribution in [1.82, 2.24) is 5.32 Å². The molecule has 1 aromatic carbocycles. The number of rotatable bonds is 10. The Bertz CT molecular complexity index is 528. The fraction of sp³-hybridized carbons (Fsp3) is 0.375. The smallest absolute Gasteiger partial charge is 0.328 e. The van der Waals surface area contributed by atoms with Crippen molar-refractivity contribution in [3.63, 3.8) is 0 Å². The fourth-order valence-corrected chi connectivity index (χ4v) is 1.64. The second-order valence-electron chi connectivity index (χ2n) is 4.66. The first-order valence-electron chi connectivity index (χ1n) is 7.00. The number of benzene rings is 1. The Hall–Kier alpha value is -2.54. The number of methoxy groups -OCH3 is 1. The van der Waals surface area contributed by atoms with E-state index < -0.39 is 24.0 Å². The molecule has 0 saturated heterocycles. The Morgan fingerprint density at radius 2 is 1.91 bits per heavy atom. The summed E-state index contributed by atoms with van der Waals surface area (Å²) in [6.07, 6.45) is 0.639. The molecule has 0 radical (unpaired) electrons. The minimum atomic E-state index is -1.18. The van der Waals surface area contributed by atoms with Crippen LogP contribution >= 0.6 is 0 Å². The molecule has 7 nitrogen and oxygen atoms in total. The Morgan fingerprint density at radius 1 is 1.30 bits per heavy atom. The molecule has 0 spiro atoms. The lowest BCUT2D eigenvalue weighted by atomic mass is 10.2. The molecule has 0 aliphatic carbocycles. The van der Waals surface area contributed by atoms with Gasteiger partial charge in [-0.15, -0.1) is 6.58 Å². The van der Waals surface area contributed by atoms with E-state index in [4.69, 9.17) is 19.3 Å². The van der Waals surface area contributed by atoms with Crippen LogP contribution < -0.4 is 14.8 Å². The number of carbonyl (C=O) groups is 2. The number of hydrogen-bond donors (Lipinski definition) is 2. The van der Waals surface area contributed by atoms with E-state index in [1.54, 1.807) is 31.4 Å². The van der Waals surface area contributed by atoms with Crippen LogP contribution in [0.15, 0.2) is 36.9 Å². The summed E-state index contributed by atoms with van der Waals surface area (Å²) in [5, 5.41) is 11.4. The van der Waals surface area contributed by atoms with E-state index in [2.05, 4.69) is 11.9 Å². The van der Waals surface area contributed by atoms with Crippen LogP contribution in [0.2, 0.25) is 0 Å². The summed E-state index contributed by atoms with van der Waals surface area (Å²) in [6.45, 7) is 5.05. The van der Waals surface area contributed by atoms with Crippen LogP contribution in [0.5, 0.6) is 11.5 Å². The van der Waals surface area contributed by atoms with Gasteiger partial charge in [0.05, 0.1) is 20.3 Å². The van der Waals surface area contributed by atoms with Crippen molar-refractivity contribution in [3.05, 3.63) is 36.9 Å². The molecule has 1 rings (SSSR count). The largest absolute Gasteiger partial charge is 0.497 e. The highest BCUT2D eigenvalue weighted by molar-refractivity contribution is 5.86. The fourth-order valence-electron chi connectivity index (χ4n) is 1.64. The minimum absolute atomic E-state index is 0.150. The van der Waals surface area contributed by atoms with Gasteiger partial charge in [-0.3, -0.25) is 4.79 Å². The normalized spacial score (nSPS) is 12.8. The van der Waals surface area contributed by atoms with E-state index >= 15 is 0 Å². The molecule has 0 heterocycles. The highest BCUT2D eigenvalue weighted by atomic mass is 16.5. The summed E-state index contributed by atoms with van der Waals surface area (Å²) in [7, 11) is 1.55. The number of amides is 1. The second-order valence-corrected chi connectivity index (χ2v) is 4.66. The molecule has 7 heteroatoms. The number of carbonyl (C=O) groups excluding carboxylic acids is 1. The van der Waals surface area contributed by atoms with Crippen LogP contribution in [0.25, 0.3) is 0 Å². The SMILES string of the molecule is C=CCOCC(NC(=O)C(C)Oc1ccc(OC)cc1)C(=O)O. The summed E-state index contributed by atoms with van der Waals surface area (Å²) in [6, 6.07) is 5.56. The Morgan fingerprint density at radius 3 is 2.43 bits per heavy atom. The lowest BCUT2D eigenvalue weighted by Gasteiger charge is -2.19. The maximum Gasteiger partial charge on any atom is 0.328 e. The van der Waals surface area contributed by atoms with Gasteiger partial charge in [-0.2, -0.15) is 0 Å². The van der Waals surface area contributed by atoms with Gasteiger partial charge in [0.15, 0.2) is 12.1 Å². The molecular formula is C16H21NO6. The van der Waals surface area contributed by atoms with Crippen molar-refractivity contribution < 1.29 is 28.9 Å². The molecule has 2 unspecified atom stereocenters. The van der Waals surface area contributed by atoms with E-state index in [0.29, 0.717) is 11.5 Å². The third-order valence-electron chi connectivity index (χ3n) is 2.88. The average Bonchev–Trinajstić information content (AvgIpc) is 2.54. The number of nitrogens with one attached hydrogen (secondary N) is 1. The first-order chi connectivity index (χ1) is 11.0. The van der Waals surface area contributed by atoms with E-state index in [9.17, 15) is 9.59 Å². The van der Waals surface area contributed by atoms with Crippen LogP contribution in [0.3, 0.4) is 0 Å². The van der Waals surface area contributed by atoms with Crippen molar-refractivity contribution >= 4 is 11.9 Å². The number of carboxylic acids is 1. The summed E-state index contributed by atoms with van der Waals surface area (Å²) < 4.78 is 15.6. The lowest BCUT2D eigenvalue weighted by Crippen LogP contribution is -2.48. The van der Waals surface area contributed by atoms with Crippen molar-refractivity contribution in [2.45, 2.75) is 19.1 Å². The lowest BCUT2D eigenvalue weighted by molar-refractivity contribution is -0.144. The van der Waals surface area contributed by atoms with Gasteiger partial charge in [-0.05, 0) is 31.2 Å². The highest BCUT2D eigenvalue weighted by Crippen LogP contribution is 2.18. The zero-order valence-electron chi connectivity index (χ0n) is 13.2. The third-order valence-corrected chi connectivity index (χ3v) is 2.88. The Balaban J connectivity index is 2.55. The van der Waals surface area contributed by atoms with Gasteiger partial charge >= 0.3 is 5.97 Å². The van der Waals surface area contributed by atoms with Crippen LogP contribution in [0.4, 0.5) is 0 Å². The maximum absolute atomic E-state index is 12.0. The van der Waals surface area contributed by atoms with E-state index in [-0.39, 0.29) is 13.2 Å².